The molecule has 0 radical (unpaired) electrons. The van der Waals surface area contributed by atoms with Crippen molar-refractivity contribution in [1.82, 2.24) is 0 Å². The maximum Gasteiger partial charge on any atom is 0.331 e. The zero-order chi connectivity index (χ0) is 6.57. The second-order valence-corrected chi connectivity index (χ2v) is 1.67. The Morgan fingerprint density at radius 3 is 2.25 bits per heavy atom. The standard InChI is InChI=1S/C4H5BrO3/c5-2-3(6)1-4(7)8/h1,6H,2H2,(H,7,8). The van der Waals surface area contributed by atoms with Crippen molar-refractivity contribution in [3.05, 3.63) is 11.8 Å². The van der Waals surface area contributed by atoms with Crippen LogP contribution in [0.25, 0.3) is 0 Å². The maximum absolute atomic E-state index is 9.71. The van der Waals surface area contributed by atoms with Crippen LogP contribution in [-0.4, -0.2) is 21.5 Å². The molecule has 8 heavy (non-hydrogen) atoms. The van der Waals surface area contributed by atoms with Gasteiger partial charge in [0.25, 0.3) is 0 Å². The second kappa shape index (κ2) is 3.49. The number of carboxylic acid groups (broad SMARTS) is 1. The number of aliphatic carboxylic acids is 1. The fourth-order valence-corrected chi connectivity index (χ4v) is 0.343. The highest BCUT2D eigenvalue weighted by Crippen LogP contribution is 1.92. The predicted octanol–water partition coefficient (Wildman–Crippen LogP) is 0.908. The van der Waals surface area contributed by atoms with E-state index in [4.69, 9.17) is 10.2 Å². The largest absolute Gasteiger partial charge is 0.511 e. The van der Waals surface area contributed by atoms with Crippen LogP contribution in [-0.2, 0) is 4.79 Å². The van der Waals surface area contributed by atoms with Gasteiger partial charge in [-0.05, 0) is 0 Å². The van der Waals surface area contributed by atoms with Gasteiger partial charge < -0.3 is 10.2 Å². The minimum absolute atomic E-state index is 0.180. The number of hydrogen-bond donors (Lipinski definition) is 2. The van der Waals surface area contributed by atoms with Crippen molar-refractivity contribution in [2.45, 2.75) is 0 Å². The maximum atomic E-state index is 9.71. The van der Waals surface area contributed by atoms with Crippen molar-refractivity contribution < 1.29 is 15.0 Å². The molecule has 3 nitrogen and oxygen atoms in total. The molecule has 2 N–H and O–H groups in total. The van der Waals surface area contributed by atoms with Crippen LogP contribution in [0.15, 0.2) is 11.8 Å². The Morgan fingerprint density at radius 1 is 1.62 bits per heavy atom. The van der Waals surface area contributed by atoms with E-state index in [0.29, 0.717) is 0 Å². The summed E-state index contributed by atoms with van der Waals surface area (Å²) in [6, 6.07) is 0. The molecule has 46 valence electrons. The van der Waals surface area contributed by atoms with Crippen LogP contribution in [0.4, 0.5) is 0 Å². The van der Waals surface area contributed by atoms with Gasteiger partial charge in [-0.15, -0.1) is 0 Å². The van der Waals surface area contributed by atoms with Gasteiger partial charge in [0.15, 0.2) is 0 Å². The van der Waals surface area contributed by atoms with Crippen molar-refractivity contribution in [2.75, 3.05) is 5.33 Å². The number of halogens is 1. The van der Waals surface area contributed by atoms with Crippen molar-refractivity contribution >= 4 is 21.9 Å². The summed E-state index contributed by atoms with van der Waals surface area (Å²) >= 11 is 2.86. The Labute approximate surface area is 54.8 Å². The van der Waals surface area contributed by atoms with Crippen LogP contribution in [0.5, 0.6) is 0 Å². The molecule has 0 amide bonds. The quantitative estimate of drug-likeness (QED) is 0.378. The number of allylic oxidation sites excluding steroid dienone is 1. The van der Waals surface area contributed by atoms with Crippen molar-refractivity contribution in [1.29, 1.82) is 0 Å². The van der Waals surface area contributed by atoms with Gasteiger partial charge >= 0.3 is 5.97 Å². The number of carbonyl (C=O) groups is 1. The van der Waals surface area contributed by atoms with Gasteiger partial charge in [0, 0.05) is 0 Å². The van der Waals surface area contributed by atoms with Gasteiger partial charge in [-0.3, -0.25) is 0 Å². The van der Waals surface area contributed by atoms with E-state index in [9.17, 15) is 4.79 Å². The Hall–Kier alpha value is -0.510. The lowest BCUT2D eigenvalue weighted by Crippen LogP contribution is -1.91. The second-order valence-electron chi connectivity index (χ2n) is 1.11. The molecule has 0 bridgehead atoms. The lowest BCUT2D eigenvalue weighted by Gasteiger charge is -1.85. The molecule has 0 aromatic heterocycles. The molecular weight excluding hydrogens is 176 g/mol. The Bertz CT molecular complexity index is 118. The molecule has 0 heterocycles. The number of aliphatic hydroxyl groups excluding tert-OH is 1. The first kappa shape index (κ1) is 7.49. The number of carboxylic acids is 1. The molecule has 0 aliphatic rings. The molecule has 0 saturated heterocycles. The van der Waals surface area contributed by atoms with Crippen LogP contribution >= 0.6 is 15.9 Å². The fourth-order valence-electron chi connectivity index (χ4n) is 0.181. The third-order valence-electron chi connectivity index (χ3n) is 0.427. The zero-order valence-corrected chi connectivity index (χ0v) is 5.55. The number of alkyl halides is 1. The molecule has 0 saturated carbocycles. The highest BCUT2D eigenvalue weighted by molar-refractivity contribution is 9.09. The summed E-state index contributed by atoms with van der Waals surface area (Å²) in [5, 5.41) is 16.6. The predicted molar refractivity (Wildman–Crippen MR) is 32.1 cm³/mol. The highest BCUT2D eigenvalue weighted by Gasteiger charge is 1.91. The van der Waals surface area contributed by atoms with E-state index in [1.54, 1.807) is 0 Å². The summed E-state index contributed by atoms with van der Waals surface area (Å²) in [5.41, 5.74) is 0. The van der Waals surface area contributed by atoms with Crippen LogP contribution in [0.1, 0.15) is 0 Å². The van der Waals surface area contributed by atoms with Crippen molar-refractivity contribution in [3.63, 3.8) is 0 Å². The number of rotatable bonds is 2. The molecular formula is C4H5BrO3. The summed E-state index contributed by atoms with van der Waals surface area (Å²) in [7, 11) is 0. The summed E-state index contributed by atoms with van der Waals surface area (Å²) in [5.74, 6) is -1.32. The molecule has 0 aliphatic carbocycles. The molecule has 0 aromatic carbocycles. The third kappa shape index (κ3) is 3.67. The summed E-state index contributed by atoms with van der Waals surface area (Å²) < 4.78 is 0. The Kier molecular flexibility index (Phi) is 3.26. The monoisotopic (exact) mass is 180 g/mol. The summed E-state index contributed by atoms with van der Waals surface area (Å²) in [6.07, 6.45) is 0.731. The van der Waals surface area contributed by atoms with Gasteiger partial charge in [0.05, 0.1) is 11.4 Å². The van der Waals surface area contributed by atoms with E-state index >= 15 is 0 Å². The lowest BCUT2D eigenvalue weighted by molar-refractivity contribution is -0.131. The molecule has 0 fully saturated rings. The first-order chi connectivity index (χ1) is 3.66. The van der Waals surface area contributed by atoms with Crippen LogP contribution < -0.4 is 0 Å². The molecule has 4 heteroatoms. The van der Waals surface area contributed by atoms with Gasteiger partial charge in [-0.25, -0.2) is 4.79 Å². The molecule has 0 atom stereocenters. The average molecular weight is 181 g/mol. The molecule has 0 rings (SSSR count). The van der Waals surface area contributed by atoms with Gasteiger partial charge in [0.2, 0.25) is 0 Å². The van der Waals surface area contributed by atoms with E-state index in [1.807, 2.05) is 0 Å². The molecule has 0 unspecified atom stereocenters. The van der Waals surface area contributed by atoms with Crippen molar-refractivity contribution in [3.8, 4) is 0 Å². The number of aliphatic hydroxyl groups is 1. The van der Waals surface area contributed by atoms with Crippen molar-refractivity contribution in [2.24, 2.45) is 0 Å². The first-order valence-electron chi connectivity index (χ1n) is 1.85. The average Bonchev–Trinajstić information content (AvgIpc) is 1.65. The number of hydrogen-bond acceptors (Lipinski definition) is 2. The SMILES string of the molecule is O=C(O)C=C(O)CBr. The molecule has 0 aromatic rings. The molecule has 0 spiro atoms. The van der Waals surface area contributed by atoms with E-state index in [1.165, 1.54) is 0 Å². The smallest absolute Gasteiger partial charge is 0.331 e. The van der Waals surface area contributed by atoms with E-state index in [-0.39, 0.29) is 11.1 Å². The van der Waals surface area contributed by atoms with Gasteiger partial charge in [-0.2, -0.15) is 0 Å². The topological polar surface area (TPSA) is 57.5 Å². The fraction of sp³-hybridized carbons (Fsp3) is 0.250. The normalized spacial score (nSPS) is 11.4. The van der Waals surface area contributed by atoms with Crippen LogP contribution in [0, 0.1) is 0 Å². The van der Waals surface area contributed by atoms with Crippen LogP contribution in [0.2, 0.25) is 0 Å². The third-order valence-corrected chi connectivity index (χ3v) is 1.00. The minimum atomic E-state index is -1.14. The van der Waals surface area contributed by atoms with E-state index in [2.05, 4.69) is 15.9 Å². The van der Waals surface area contributed by atoms with Gasteiger partial charge in [-0.1, -0.05) is 15.9 Å². The van der Waals surface area contributed by atoms with Gasteiger partial charge in [0.1, 0.15) is 5.76 Å². The molecule has 0 aliphatic heterocycles. The van der Waals surface area contributed by atoms with E-state index < -0.39 is 5.97 Å². The highest BCUT2D eigenvalue weighted by atomic mass is 79.9. The summed E-state index contributed by atoms with van der Waals surface area (Å²) in [6.45, 7) is 0. The Morgan fingerprint density at radius 2 is 2.12 bits per heavy atom. The Balaban J connectivity index is 3.75. The zero-order valence-electron chi connectivity index (χ0n) is 3.97. The first-order valence-corrected chi connectivity index (χ1v) is 2.97. The lowest BCUT2D eigenvalue weighted by atomic mass is 10.5. The minimum Gasteiger partial charge on any atom is -0.511 e. The van der Waals surface area contributed by atoms with E-state index in [0.717, 1.165) is 6.08 Å². The summed E-state index contributed by atoms with van der Waals surface area (Å²) in [4.78, 5) is 9.71. The van der Waals surface area contributed by atoms with Crippen LogP contribution in [0.3, 0.4) is 0 Å².